The Labute approximate surface area is 137 Å². The zero-order chi connectivity index (χ0) is 16.7. The molecule has 0 unspecified atom stereocenters. The summed E-state index contributed by atoms with van der Waals surface area (Å²) in [7, 11) is 0. The van der Waals surface area contributed by atoms with E-state index in [-0.39, 0.29) is 16.7 Å². The first kappa shape index (κ1) is 16.6. The fraction of sp³-hybridized carbons (Fsp3) is 0.188. The lowest BCUT2D eigenvalue weighted by atomic mass is 10.2. The van der Waals surface area contributed by atoms with Crippen LogP contribution in [0.2, 0.25) is 0 Å². The first-order chi connectivity index (χ1) is 11.1. The smallest absolute Gasteiger partial charge is 0.342 e. The third-order valence-corrected chi connectivity index (χ3v) is 3.53. The molecule has 23 heavy (non-hydrogen) atoms. The van der Waals surface area contributed by atoms with Gasteiger partial charge in [0.05, 0.1) is 0 Å². The minimum Gasteiger partial charge on any atom is -0.480 e. The highest BCUT2D eigenvalue weighted by Crippen LogP contribution is 2.30. The van der Waals surface area contributed by atoms with E-state index in [0.29, 0.717) is 23.6 Å². The number of carbonyl (C=O) groups is 1. The molecule has 0 radical (unpaired) electrons. The number of para-hydroxylation sites is 1. The predicted octanol–water partition coefficient (Wildman–Crippen LogP) is 2.86. The molecule has 1 aromatic carbocycles. The lowest BCUT2D eigenvalue weighted by molar-refractivity contribution is -0.131. The lowest BCUT2D eigenvalue weighted by Crippen LogP contribution is -1.99. The number of carboxylic acid groups (broad SMARTS) is 1. The van der Waals surface area contributed by atoms with Crippen LogP contribution in [0.1, 0.15) is 18.4 Å². The van der Waals surface area contributed by atoms with Crippen LogP contribution in [-0.2, 0) is 11.2 Å². The average molecular weight is 330 g/mol. The van der Waals surface area contributed by atoms with Gasteiger partial charge in [0.2, 0.25) is 5.89 Å². The van der Waals surface area contributed by atoms with E-state index in [0.717, 1.165) is 11.8 Å². The van der Waals surface area contributed by atoms with Gasteiger partial charge in [0.25, 0.3) is 5.22 Å². The molecule has 1 aromatic heterocycles. The Kier molecular flexibility index (Phi) is 5.83. The first-order valence-corrected chi connectivity index (χ1v) is 7.56. The number of terminal acetylenes is 1. The van der Waals surface area contributed by atoms with Gasteiger partial charge in [0.1, 0.15) is 17.3 Å². The van der Waals surface area contributed by atoms with Crippen LogP contribution in [0, 0.1) is 12.3 Å². The number of aryl methyl sites for hydroxylation is 1. The second kappa shape index (κ2) is 8.06. The minimum atomic E-state index is -1.10. The van der Waals surface area contributed by atoms with Crippen LogP contribution in [0.15, 0.2) is 38.8 Å². The number of aromatic nitrogens is 2. The summed E-state index contributed by atoms with van der Waals surface area (Å²) in [6, 6.07) is 7.01. The highest BCUT2D eigenvalue weighted by atomic mass is 32.2. The molecule has 0 saturated carbocycles. The Hall–Kier alpha value is -2.72. The normalized spacial score (nSPS) is 11.0. The molecule has 0 atom stereocenters. The van der Waals surface area contributed by atoms with E-state index in [9.17, 15) is 9.90 Å². The van der Waals surface area contributed by atoms with Gasteiger partial charge in [-0.05, 0) is 23.9 Å². The van der Waals surface area contributed by atoms with Gasteiger partial charge < -0.3 is 14.3 Å². The summed E-state index contributed by atoms with van der Waals surface area (Å²) in [5.41, 5.74) is 0.600. The van der Waals surface area contributed by atoms with E-state index >= 15 is 0 Å². The molecule has 0 saturated heterocycles. The van der Waals surface area contributed by atoms with E-state index in [1.807, 2.05) is 6.92 Å². The topological polar surface area (TPSA) is 85.5 Å². The standard InChI is InChI=1S/C16H14N2O4S/c1-3-9-21-12-8-6-5-7-11(12)10-13(15(19)20)23-16-18-17-14(4-2)22-16/h1,5-8,10H,4,9H2,2H3,(H,19,20)/b13-10-. The van der Waals surface area contributed by atoms with Crippen LogP contribution in [-0.4, -0.2) is 27.9 Å². The van der Waals surface area contributed by atoms with Gasteiger partial charge in [0, 0.05) is 12.0 Å². The molecule has 1 N–H and O–H groups in total. The van der Waals surface area contributed by atoms with Crippen molar-refractivity contribution >= 4 is 23.8 Å². The summed E-state index contributed by atoms with van der Waals surface area (Å²) < 4.78 is 10.7. The summed E-state index contributed by atoms with van der Waals surface area (Å²) in [5, 5.41) is 17.2. The highest BCUT2D eigenvalue weighted by molar-refractivity contribution is 8.03. The van der Waals surface area contributed by atoms with Crippen molar-refractivity contribution in [2.45, 2.75) is 18.6 Å². The Bertz CT molecular complexity index is 761. The van der Waals surface area contributed by atoms with Gasteiger partial charge in [-0.25, -0.2) is 4.79 Å². The largest absolute Gasteiger partial charge is 0.480 e. The van der Waals surface area contributed by atoms with Crippen molar-refractivity contribution in [2.75, 3.05) is 6.61 Å². The van der Waals surface area contributed by atoms with Crippen LogP contribution < -0.4 is 4.74 Å². The molecule has 0 aliphatic rings. The van der Waals surface area contributed by atoms with Gasteiger partial charge in [-0.15, -0.1) is 16.6 Å². The van der Waals surface area contributed by atoms with Crippen LogP contribution in [0.5, 0.6) is 5.75 Å². The molecule has 1 heterocycles. The van der Waals surface area contributed by atoms with E-state index in [4.69, 9.17) is 15.6 Å². The van der Waals surface area contributed by atoms with Gasteiger partial charge >= 0.3 is 5.97 Å². The molecule has 118 valence electrons. The second-order valence-corrected chi connectivity index (χ2v) is 5.25. The minimum absolute atomic E-state index is 0.0352. The van der Waals surface area contributed by atoms with E-state index in [1.54, 1.807) is 24.3 Å². The van der Waals surface area contributed by atoms with Gasteiger partial charge in [-0.1, -0.05) is 31.0 Å². The van der Waals surface area contributed by atoms with Crippen molar-refractivity contribution < 1.29 is 19.1 Å². The fourth-order valence-corrected chi connectivity index (χ4v) is 2.32. The summed E-state index contributed by atoms with van der Waals surface area (Å²) >= 11 is 0.886. The summed E-state index contributed by atoms with van der Waals surface area (Å²) in [6.45, 7) is 1.97. The van der Waals surface area contributed by atoms with Gasteiger partial charge in [-0.3, -0.25) is 0 Å². The number of hydrogen-bond donors (Lipinski definition) is 1. The number of benzene rings is 1. The monoisotopic (exact) mass is 330 g/mol. The zero-order valence-electron chi connectivity index (χ0n) is 12.4. The first-order valence-electron chi connectivity index (χ1n) is 6.74. The number of aliphatic carboxylic acids is 1. The molecular weight excluding hydrogens is 316 g/mol. The average Bonchev–Trinajstić information content (AvgIpc) is 3.01. The Morgan fingerprint density at radius 1 is 1.48 bits per heavy atom. The molecule has 2 aromatic rings. The SMILES string of the molecule is C#CCOc1ccccc1/C=C(\Sc1nnc(CC)o1)C(=O)O. The van der Waals surface area contributed by atoms with E-state index in [2.05, 4.69) is 16.1 Å². The predicted molar refractivity (Wildman–Crippen MR) is 85.9 cm³/mol. The molecule has 6 nitrogen and oxygen atoms in total. The molecule has 0 fully saturated rings. The Balaban J connectivity index is 2.28. The van der Waals surface area contributed by atoms with Crippen molar-refractivity contribution in [2.24, 2.45) is 0 Å². The fourth-order valence-electron chi connectivity index (χ4n) is 1.64. The van der Waals surface area contributed by atoms with Crippen LogP contribution in [0.4, 0.5) is 0 Å². The van der Waals surface area contributed by atoms with E-state index < -0.39 is 5.97 Å². The van der Waals surface area contributed by atoms with Gasteiger partial charge in [0.15, 0.2) is 0 Å². The van der Waals surface area contributed by atoms with Crippen molar-refractivity contribution in [1.29, 1.82) is 0 Å². The quantitative estimate of drug-likeness (QED) is 0.474. The third kappa shape index (κ3) is 4.63. The molecule has 0 amide bonds. The second-order valence-electron chi connectivity index (χ2n) is 4.26. The maximum Gasteiger partial charge on any atom is 0.342 e. The van der Waals surface area contributed by atoms with Crippen LogP contribution in [0.25, 0.3) is 6.08 Å². The molecule has 7 heteroatoms. The summed E-state index contributed by atoms with van der Waals surface area (Å²) in [4.78, 5) is 11.5. The van der Waals surface area contributed by atoms with Crippen molar-refractivity contribution in [3.63, 3.8) is 0 Å². The number of rotatable bonds is 7. The summed E-state index contributed by atoms with van der Waals surface area (Å²) in [6.07, 6.45) is 7.24. The zero-order valence-corrected chi connectivity index (χ0v) is 13.2. The maximum atomic E-state index is 11.5. The van der Waals surface area contributed by atoms with Crippen LogP contribution >= 0.6 is 11.8 Å². The maximum absolute atomic E-state index is 11.5. The van der Waals surface area contributed by atoms with E-state index in [1.165, 1.54) is 6.08 Å². The Morgan fingerprint density at radius 2 is 2.26 bits per heavy atom. The number of carboxylic acids is 1. The van der Waals surface area contributed by atoms with Crippen LogP contribution in [0.3, 0.4) is 0 Å². The molecule has 0 spiro atoms. The van der Waals surface area contributed by atoms with Crippen molar-refractivity contribution in [1.82, 2.24) is 10.2 Å². The van der Waals surface area contributed by atoms with Gasteiger partial charge in [-0.2, -0.15) is 0 Å². The molecule has 0 aliphatic heterocycles. The number of nitrogens with zero attached hydrogens (tertiary/aromatic N) is 2. The molecular formula is C16H14N2O4S. The Morgan fingerprint density at radius 3 is 2.91 bits per heavy atom. The highest BCUT2D eigenvalue weighted by Gasteiger charge is 2.15. The molecule has 0 aliphatic carbocycles. The molecule has 2 rings (SSSR count). The van der Waals surface area contributed by atoms with Crippen molar-refractivity contribution in [3.8, 4) is 18.1 Å². The summed E-state index contributed by atoms with van der Waals surface area (Å²) in [5.74, 6) is 2.23. The number of hydrogen-bond acceptors (Lipinski definition) is 6. The lowest BCUT2D eigenvalue weighted by Gasteiger charge is -2.07. The molecule has 0 bridgehead atoms. The van der Waals surface area contributed by atoms with Crippen molar-refractivity contribution in [3.05, 3.63) is 40.6 Å². The third-order valence-electron chi connectivity index (χ3n) is 2.68. The number of thioether (sulfide) groups is 1. The number of ether oxygens (including phenoxy) is 1.